The van der Waals surface area contributed by atoms with E-state index >= 15 is 0 Å². The Balaban J connectivity index is 1.81. The van der Waals surface area contributed by atoms with Crippen LogP contribution in [0.4, 0.5) is 20.6 Å². The van der Waals surface area contributed by atoms with Crippen LogP contribution in [-0.4, -0.2) is 36.3 Å². The molecule has 0 aromatic heterocycles. The number of ether oxygens (including phenoxy) is 1. The minimum Gasteiger partial charge on any atom is -0.442 e. The van der Waals surface area contributed by atoms with Crippen molar-refractivity contribution in [3.05, 3.63) is 34.1 Å². The Morgan fingerprint density at radius 2 is 2.26 bits per heavy atom. The van der Waals surface area contributed by atoms with Crippen molar-refractivity contribution in [2.45, 2.75) is 12.1 Å². The first-order chi connectivity index (χ1) is 9.04. The Morgan fingerprint density at radius 1 is 1.47 bits per heavy atom. The summed E-state index contributed by atoms with van der Waals surface area (Å²) in [6.45, 7) is 0.795. The van der Waals surface area contributed by atoms with Crippen LogP contribution in [0.2, 0.25) is 0 Å². The molecule has 100 valence electrons. The van der Waals surface area contributed by atoms with Crippen LogP contribution >= 0.6 is 0 Å². The number of anilines is 1. The molecule has 0 aliphatic carbocycles. The molecule has 2 heterocycles. The first-order valence-electron chi connectivity index (χ1n) is 5.70. The third-order valence-electron chi connectivity index (χ3n) is 3.31. The maximum atomic E-state index is 13.8. The molecule has 2 atom stereocenters. The highest BCUT2D eigenvalue weighted by Crippen LogP contribution is 2.29. The maximum absolute atomic E-state index is 13.8. The molecule has 1 amide bonds. The van der Waals surface area contributed by atoms with Crippen LogP contribution in [0, 0.1) is 15.9 Å². The lowest BCUT2D eigenvalue weighted by Crippen LogP contribution is -2.32. The number of rotatable bonds is 2. The summed E-state index contributed by atoms with van der Waals surface area (Å²) in [4.78, 5) is 22.6. The second-order valence-corrected chi connectivity index (χ2v) is 4.49. The van der Waals surface area contributed by atoms with Crippen molar-refractivity contribution in [1.82, 2.24) is 5.32 Å². The summed E-state index contributed by atoms with van der Waals surface area (Å²) in [6, 6.07) is 3.35. The van der Waals surface area contributed by atoms with Crippen LogP contribution in [-0.2, 0) is 4.74 Å². The largest absolute Gasteiger partial charge is 0.442 e. The number of benzene rings is 1. The fraction of sp³-hybridized carbons (Fsp3) is 0.364. The van der Waals surface area contributed by atoms with Crippen LogP contribution in [0.25, 0.3) is 0 Å². The van der Waals surface area contributed by atoms with Crippen molar-refractivity contribution in [3.8, 4) is 0 Å². The number of halogens is 1. The fourth-order valence-corrected chi connectivity index (χ4v) is 2.42. The lowest BCUT2D eigenvalue weighted by molar-refractivity contribution is -0.385. The first-order valence-corrected chi connectivity index (χ1v) is 5.70. The zero-order valence-electron chi connectivity index (χ0n) is 9.71. The third-order valence-corrected chi connectivity index (χ3v) is 3.31. The van der Waals surface area contributed by atoms with Crippen molar-refractivity contribution in [3.63, 3.8) is 0 Å². The van der Waals surface area contributed by atoms with Crippen LogP contribution in [0.5, 0.6) is 0 Å². The van der Waals surface area contributed by atoms with Gasteiger partial charge in [-0.05, 0) is 6.07 Å². The number of nitro groups is 1. The highest BCUT2D eigenvalue weighted by molar-refractivity contribution is 5.71. The van der Waals surface area contributed by atoms with Gasteiger partial charge in [0.2, 0.25) is 0 Å². The van der Waals surface area contributed by atoms with E-state index in [1.807, 2.05) is 0 Å². The highest BCUT2D eigenvalue weighted by Gasteiger charge is 2.42. The summed E-state index contributed by atoms with van der Waals surface area (Å²) in [5, 5.41) is 13.2. The van der Waals surface area contributed by atoms with Gasteiger partial charge < -0.3 is 15.0 Å². The Kier molecular flexibility index (Phi) is 2.51. The number of alkyl carbamates (subject to hydrolysis) is 1. The van der Waals surface area contributed by atoms with E-state index in [9.17, 15) is 19.3 Å². The summed E-state index contributed by atoms with van der Waals surface area (Å²) in [5.74, 6) is -0.652. The van der Waals surface area contributed by atoms with E-state index < -0.39 is 16.8 Å². The van der Waals surface area contributed by atoms with Gasteiger partial charge in [-0.15, -0.1) is 0 Å². The monoisotopic (exact) mass is 267 g/mol. The molecule has 1 N–H and O–H groups in total. The molecule has 1 aromatic rings. The number of carbonyl (C=O) groups is 1. The van der Waals surface area contributed by atoms with Crippen molar-refractivity contribution in [2.75, 3.05) is 18.0 Å². The molecule has 2 fully saturated rings. The Bertz CT molecular complexity index is 549. The summed E-state index contributed by atoms with van der Waals surface area (Å²) in [7, 11) is 0. The molecule has 3 rings (SSSR count). The summed E-state index contributed by atoms with van der Waals surface area (Å²) < 4.78 is 18.9. The average Bonchev–Trinajstić information content (AvgIpc) is 2.85. The highest BCUT2D eigenvalue weighted by atomic mass is 19.1. The van der Waals surface area contributed by atoms with E-state index in [2.05, 4.69) is 5.32 Å². The number of nitro benzene ring substituents is 1. The summed E-state index contributed by atoms with van der Waals surface area (Å²) in [5.41, 5.74) is -0.0111. The lowest BCUT2D eigenvalue weighted by Gasteiger charge is -2.19. The number of non-ortho nitro benzene ring substituents is 1. The lowest BCUT2D eigenvalue weighted by atomic mass is 10.2. The normalized spacial score (nSPS) is 24.9. The minimum absolute atomic E-state index is 0.165. The van der Waals surface area contributed by atoms with Crippen LogP contribution in [0.1, 0.15) is 0 Å². The molecular weight excluding hydrogens is 257 g/mol. The predicted octanol–water partition coefficient (Wildman–Crippen LogP) is 1.03. The molecule has 0 radical (unpaired) electrons. The van der Waals surface area contributed by atoms with Gasteiger partial charge in [-0.1, -0.05) is 0 Å². The average molecular weight is 267 g/mol. The van der Waals surface area contributed by atoms with E-state index in [1.165, 1.54) is 12.1 Å². The molecule has 2 aliphatic heterocycles. The summed E-state index contributed by atoms with van der Waals surface area (Å²) >= 11 is 0. The predicted molar refractivity (Wildman–Crippen MR) is 62.5 cm³/mol. The molecular formula is C11H10FN3O4. The molecule has 0 saturated carbocycles. The van der Waals surface area contributed by atoms with Gasteiger partial charge in [0.25, 0.3) is 5.69 Å². The quantitative estimate of drug-likeness (QED) is 0.639. The van der Waals surface area contributed by atoms with E-state index in [1.54, 1.807) is 4.90 Å². The van der Waals surface area contributed by atoms with E-state index in [4.69, 9.17) is 4.74 Å². The second kappa shape index (κ2) is 4.08. The number of nitrogens with one attached hydrogen (secondary N) is 1. The molecule has 2 unspecified atom stereocenters. The van der Waals surface area contributed by atoms with Gasteiger partial charge in [-0.2, -0.15) is 0 Å². The molecule has 2 saturated heterocycles. The molecule has 0 spiro atoms. The van der Waals surface area contributed by atoms with E-state index in [-0.39, 0.29) is 23.5 Å². The molecule has 7 nitrogen and oxygen atoms in total. The van der Waals surface area contributed by atoms with Gasteiger partial charge in [-0.25, -0.2) is 9.18 Å². The third kappa shape index (κ3) is 1.94. The smallest absolute Gasteiger partial charge is 0.407 e. The number of hydrogen-bond acceptors (Lipinski definition) is 5. The number of nitrogens with zero attached hydrogens (tertiary/aromatic N) is 2. The number of carbonyl (C=O) groups excluding carboxylic acids is 1. The molecule has 19 heavy (non-hydrogen) atoms. The SMILES string of the molecule is O=C1NC2CN(c3ccc([N+](=O)[O-])cc3F)CC2O1. The van der Waals surface area contributed by atoms with Crippen molar-refractivity contribution < 1.29 is 18.8 Å². The standard InChI is InChI=1S/C11H10FN3O4/c12-7-3-6(15(17)18)1-2-9(7)14-4-8-10(5-14)19-11(16)13-8/h1-3,8,10H,4-5H2,(H,13,16). The van der Waals surface area contributed by atoms with Crippen molar-refractivity contribution >= 4 is 17.5 Å². The van der Waals surface area contributed by atoms with Gasteiger partial charge in [0.05, 0.1) is 29.3 Å². The van der Waals surface area contributed by atoms with Crippen LogP contribution < -0.4 is 10.2 Å². The van der Waals surface area contributed by atoms with Crippen LogP contribution in [0.15, 0.2) is 18.2 Å². The van der Waals surface area contributed by atoms with Gasteiger partial charge in [-0.3, -0.25) is 10.1 Å². The number of fused-ring (bicyclic) bond motifs is 1. The molecule has 1 aromatic carbocycles. The van der Waals surface area contributed by atoms with E-state index in [0.29, 0.717) is 13.1 Å². The fourth-order valence-electron chi connectivity index (χ4n) is 2.42. The second-order valence-electron chi connectivity index (χ2n) is 4.49. The Hall–Kier alpha value is -2.38. The Labute approximate surface area is 107 Å². The number of amides is 1. The zero-order chi connectivity index (χ0) is 13.6. The van der Waals surface area contributed by atoms with Gasteiger partial charge in [0.15, 0.2) is 5.82 Å². The van der Waals surface area contributed by atoms with Crippen molar-refractivity contribution in [2.24, 2.45) is 0 Å². The Morgan fingerprint density at radius 3 is 2.89 bits per heavy atom. The van der Waals surface area contributed by atoms with Gasteiger partial charge >= 0.3 is 6.09 Å². The topological polar surface area (TPSA) is 84.7 Å². The van der Waals surface area contributed by atoms with E-state index in [0.717, 1.165) is 6.07 Å². The minimum atomic E-state index is -0.652. The van der Waals surface area contributed by atoms with Crippen LogP contribution in [0.3, 0.4) is 0 Å². The maximum Gasteiger partial charge on any atom is 0.407 e. The zero-order valence-corrected chi connectivity index (χ0v) is 9.71. The summed E-state index contributed by atoms with van der Waals surface area (Å²) in [6.07, 6.45) is -0.763. The molecule has 0 bridgehead atoms. The molecule has 2 aliphatic rings. The first kappa shape index (κ1) is 11.7. The van der Waals surface area contributed by atoms with Gasteiger partial charge in [0.1, 0.15) is 6.10 Å². The number of hydrogen-bond donors (Lipinski definition) is 1. The van der Waals surface area contributed by atoms with Gasteiger partial charge in [0, 0.05) is 12.6 Å². The molecule has 8 heteroatoms. The van der Waals surface area contributed by atoms with Crippen molar-refractivity contribution in [1.29, 1.82) is 0 Å².